The van der Waals surface area contributed by atoms with E-state index < -0.39 is 6.03 Å². The van der Waals surface area contributed by atoms with Crippen molar-refractivity contribution < 1.29 is 14.4 Å². The fraction of sp³-hybridized carbons (Fsp3) is 0.294. The van der Waals surface area contributed by atoms with E-state index in [1.165, 1.54) is 0 Å². The summed E-state index contributed by atoms with van der Waals surface area (Å²) in [5, 5.41) is 8.17. The van der Waals surface area contributed by atoms with Crippen molar-refractivity contribution in [3.8, 4) is 0 Å². The highest BCUT2D eigenvalue weighted by Crippen LogP contribution is 2.21. The summed E-state index contributed by atoms with van der Waals surface area (Å²) in [7, 11) is 0. The summed E-state index contributed by atoms with van der Waals surface area (Å²) < 4.78 is 2.03. The zero-order chi connectivity index (χ0) is 18.1. The number of rotatable bonds is 3. The van der Waals surface area contributed by atoms with Gasteiger partial charge < -0.3 is 20.5 Å². The maximum Gasteiger partial charge on any atom is 0.329 e. The van der Waals surface area contributed by atoms with Crippen molar-refractivity contribution in [2.75, 3.05) is 16.8 Å². The van der Waals surface area contributed by atoms with Crippen LogP contribution in [0, 0.1) is 0 Å². The second-order valence-corrected chi connectivity index (χ2v) is 6.27. The van der Waals surface area contributed by atoms with Crippen LogP contribution in [0.2, 0.25) is 0 Å². The first-order valence-electron chi connectivity index (χ1n) is 8.38. The van der Waals surface area contributed by atoms with Crippen molar-refractivity contribution in [2.24, 2.45) is 0 Å². The Morgan fingerprint density at radius 1 is 1.31 bits per heavy atom. The van der Waals surface area contributed by atoms with Crippen LogP contribution in [0.5, 0.6) is 0 Å². The molecule has 0 radical (unpaired) electrons. The first-order chi connectivity index (χ1) is 12.6. The van der Waals surface area contributed by atoms with Gasteiger partial charge in [-0.15, -0.1) is 0 Å². The molecule has 1 saturated heterocycles. The van der Waals surface area contributed by atoms with Crippen molar-refractivity contribution >= 4 is 29.3 Å². The van der Waals surface area contributed by atoms with E-state index >= 15 is 0 Å². The highest BCUT2D eigenvalue weighted by Gasteiger charge is 2.30. The molecule has 3 heterocycles. The predicted molar refractivity (Wildman–Crippen MR) is 93.8 cm³/mol. The summed E-state index contributed by atoms with van der Waals surface area (Å²) >= 11 is 0. The van der Waals surface area contributed by atoms with Gasteiger partial charge in [0.1, 0.15) is 5.82 Å². The molecular formula is C17H18N6O3. The Kier molecular flexibility index (Phi) is 4.04. The topological polar surface area (TPSA) is 108 Å². The van der Waals surface area contributed by atoms with Crippen molar-refractivity contribution in [3.63, 3.8) is 0 Å². The lowest BCUT2D eigenvalue weighted by molar-refractivity contribution is -0.115. The summed E-state index contributed by atoms with van der Waals surface area (Å²) in [6.07, 6.45) is 5.31. The Balaban J connectivity index is 1.40. The molecule has 9 heteroatoms. The number of urea groups is 2. The molecule has 1 unspecified atom stereocenters. The Labute approximate surface area is 149 Å². The normalized spacial score (nSPS) is 19.1. The molecule has 1 fully saturated rings. The van der Waals surface area contributed by atoms with Crippen molar-refractivity contribution in [1.82, 2.24) is 20.2 Å². The van der Waals surface area contributed by atoms with E-state index in [1.54, 1.807) is 30.5 Å². The van der Waals surface area contributed by atoms with Crippen LogP contribution in [0.4, 0.5) is 21.0 Å². The van der Waals surface area contributed by atoms with Crippen LogP contribution in [0.3, 0.4) is 0 Å². The van der Waals surface area contributed by atoms with Gasteiger partial charge in [0.05, 0.1) is 12.2 Å². The lowest BCUT2D eigenvalue weighted by Crippen LogP contribution is -2.43. The molecule has 0 spiro atoms. The lowest BCUT2D eigenvalue weighted by Gasteiger charge is -2.25. The number of hydrogen-bond acceptors (Lipinski definition) is 4. The molecule has 1 aromatic heterocycles. The molecule has 0 saturated carbocycles. The van der Waals surface area contributed by atoms with Crippen LogP contribution in [-0.2, 0) is 17.8 Å². The Morgan fingerprint density at radius 2 is 2.19 bits per heavy atom. The van der Waals surface area contributed by atoms with E-state index in [4.69, 9.17) is 0 Å². The largest absolute Gasteiger partial charge is 0.333 e. The monoisotopic (exact) mass is 354 g/mol. The van der Waals surface area contributed by atoms with Crippen LogP contribution in [0.15, 0.2) is 36.7 Å². The fourth-order valence-corrected chi connectivity index (χ4v) is 3.24. The van der Waals surface area contributed by atoms with Crippen molar-refractivity contribution in [3.05, 3.63) is 42.5 Å². The number of nitrogens with one attached hydrogen (secondary N) is 3. The molecular weight excluding hydrogens is 336 g/mol. The summed E-state index contributed by atoms with van der Waals surface area (Å²) in [6.45, 7) is 0.667. The van der Waals surface area contributed by atoms with Gasteiger partial charge in [-0.3, -0.25) is 4.79 Å². The molecule has 4 rings (SSSR count). The molecule has 9 nitrogen and oxygen atoms in total. The van der Waals surface area contributed by atoms with Crippen LogP contribution in [0.25, 0.3) is 0 Å². The van der Waals surface area contributed by atoms with E-state index in [0.29, 0.717) is 17.9 Å². The van der Waals surface area contributed by atoms with Crippen molar-refractivity contribution in [2.45, 2.75) is 25.4 Å². The number of carbonyl (C=O) groups excluding carboxylic acids is 3. The minimum Gasteiger partial charge on any atom is -0.333 e. The van der Waals surface area contributed by atoms with Gasteiger partial charge in [-0.2, -0.15) is 0 Å². The van der Waals surface area contributed by atoms with Gasteiger partial charge in [0, 0.05) is 37.1 Å². The molecule has 134 valence electrons. The molecule has 0 aliphatic carbocycles. The quantitative estimate of drug-likeness (QED) is 0.717. The van der Waals surface area contributed by atoms with E-state index in [1.807, 2.05) is 10.8 Å². The lowest BCUT2D eigenvalue weighted by atomic mass is 10.1. The molecule has 2 aliphatic heterocycles. The average molecular weight is 354 g/mol. The third kappa shape index (κ3) is 3.10. The van der Waals surface area contributed by atoms with Gasteiger partial charge >= 0.3 is 12.1 Å². The summed E-state index contributed by atoms with van der Waals surface area (Å²) in [5.74, 6) is 0.708. The molecule has 1 atom stereocenters. The Morgan fingerprint density at radius 3 is 3.00 bits per heavy atom. The summed E-state index contributed by atoms with van der Waals surface area (Å²) in [6, 6.07) is 5.86. The molecule has 3 N–H and O–H groups in total. The van der Waals surface area contributed by atoms with Gasteiger partial charge in [-0.1, -0.05) is 6.07 Å². The number of imidazole rings is 1. The molecule has 26 heavy (non-hydrogen) atoms. The number of benzene rings is 1. The smallest absolute Gasteiger partial charge is 0.329 e. The zero-order valence-electron chi connectivity index (χ0n) is 13.9. The Hall–Kier alpha value is -3.36. The second-order valence-electron chi connectivity index (χ2n) is 6.27. The number of aryl methyl sites for hydroxylation is 1. The number of anilines is 2. The van der Waals surface area contributed by atoms with Crippen LogP contribution >= 0.6 is 0 Å². The van der Waals surface area contributed by atoms with Crippen LogP contribution in [-0.4, -0.2) is 40.1 Å². The van der Waals surface area contributed by atoms with E-state index in [9.17, 15) is 14.4 Å². The third-order valence-corrected chi connectivity index (χ3v) is 4.48. The minimum atomic E-state index is -0.463. The molecule has 0 bridgehead atoms. The first-order valence-corrected chi connectivity index (χ1v) is 8.38. The zero-order valence-corrected chi connectivity index (χ0v) is 13.9. The molecule has 1 aromatic carbocycles. The van der Waals surface area contributed by atoms with Crippen molar-refractivity contribution in [1.29, 1.82) is 0 Å². The van der Waals surface area contributed by atoms with Crippen LogP contribution in [0.1, 0.15) is 12.2 Å². The van der Waals surface area contributed by atoms with Gasteiger partial charge in [0.25, 0.3) is 5.91 Å². The maximum absolute atomic E-state index is 12.3. The predicted octanol–water partition coefficient (Wildman–Crippen LogP) is 1.08. The van der Waals surface area contributed by atoms with Gasteiger partial charge in [0.2, 0.25) is 0 Å². The number of fused-ring (bicyclic) bond motifs is 1. The molecule has 5 amide bonds. The maximum atomic E-state index is 12.3. The minimum absolute atomic E-state index is 0.0190. The number of nitrogens with zero attached hydrogens (tertiary/aromatic N) is 3. The number of imide groups is 1. The van der Waals surface area contributed by atoms with E-state index in [2.05, 4.69) is 20.9 Å². The summed E-state index contributed by atoms with van der Waals surface area (Å²) in [4.78, 5) is 41.2. The standard InChI is InChI=1S/C17H18N6O3/c24-15-9-19-17(26)23(15)13-3-1-2-11(8-13)20-16(25)21-12-4-5-14-18-6-7-22(14)10-12/h1-3,6-8,12H,4-5,9-10H2,(H,19,26)(H2,20,21,25). The van der Waals surface area contributed by atoms with Gasteiger partial charge in [-0.25, -0.2) is 19.5 Å². The van der Waals surface area contributed by atoms with Crippen LogP contribution < -0.4 is 20.9 Å². The van der Waals surface area contributed by atoms with Gasteiger partial charge in [0.15, 0.2) is 0 Å². The number of aromatic nitrogens is 2. The molecule has 2 aliphatic rings. The van der Waals surface area contributed by atoms with Gasteiger partial charge in [-0.05, 0) is 24.6 Å². The highest BCUT2D eigenvalue weighted by molar-refractivity contribution is 6.20. The summed E-state index contributed by atoms with van der Waals surface area (Å²) in [5.41, 5.74) is 0.926. The number of amides is 5. The number of hydrogen-bond donors (Lipinski definition) is 3. The number of carbonyl (C=O) groups is 3. The highest BCUT2D eigenvalue weighted by atomic mass is 16.2. The van der Waals surface area contributed by atoms with E-state index in [0.717, 1.165) is 23.6 Å². The fourth-order valence-electron chi connectivity index (χ4n) is 3.24. The Bertz CT molecular complexity index is 861. The first kappa shape index (κ1) is 16.1. The molecule has 2 aromatic rings. The van der Waals surface area contributed by atoms with E-state index in [-0.39, 0.29) is 24.5 Å². The second kappa shape index (κ2) is 6.51. The third-order valence-electron chi connectivity index (χ3n) is 4.48. The SMILES string of the molecule is O=C(Nc1cccc(N2C(=O)CNC2=O)c1)NC1CCc2nccn2C1. The average Bonchev–Trinajstić information content (AvgIpc) is 3.21.